The van der Waals surface area contributed by atoms with E-state index in [9.17, 15) is 0 Å². The van der Waals surface area contributed by atoms with E-state index in [1.165, 1.54) is 0 Å². The Hall–Kier alpha value is -2.84. The van der Waals surface area contributed by atoms with E-state index in [1.54, 1.807) is 24.2 Å². The number of aryl methyl sites for hydroxylation is 1. The second kappa shape index (κ2) is 8.90. The molecular formula is C20H17N5OS2. The number of thioether (sulfide) groups is 1. The van der Waals surface area contributed by atoms with Crippen LogP contribution in [0.2, 0.25) is 0 Å². The molecule has 8 heteroatoms. The van der Waals surface area contributed by atoms with E-state index >= 15 is 0 Å². The number of hydrogen-bond donors (Lipinski definition) is 1. The molecule has 3 heterocycles. The number of nitrogens with one attached hydrogen (secondary N) is 1. The molecule has 6 nitrogen and oxygen atoms in total. The number of hydrogen-bond acceptors (Lipinski definition) is 7. The zero-order chi connectivity index (χ0) is 19.2. The molecule has 0 fully saturated rings. The molecule has 0 amide bonds. The van der Waals surface area contributed by atoms with Gasteiger partial charge in [-0.2, -0.15) is 0 Å². The maximum atomic E-state index is 5.80. The van der Waals surface area contributed by atoms with Gasteiger partial charge in [0.1, 0.15) is 4.32 Å². The lowest BCUT2D eigenvalue weighted by molar-refractivity contribution is 0.514. The van der Waals surface area contributed by atoms with Crippen LogP contribution in [0.1, 0.15) is 11.5 Å². The standard InChI is InChI=1S/C20H17N5OS2/c27-20(23-13-14-3-1-8-21-12-14)28-10-7-18-24-25-19(26-18)16-5-6-17-15(11-16)4-2-9-22-17/h1-6,8-9,11-12H,7,10,13H2,(H,23,27). The van der Waals surface area contributed by atoms with Gasteiger partial charge in [-0.15, -0.1) is 10.2 Å². The van der Waals surface area contributed by atoms with Gasteiger partial charge in [-0.1, -0.05) is 36.1 Å². The summed E-state index contributed by atoms with van der Waals surface area (Å²) in [4.78, 5) is 8.41. The second-order valence-corrected chi connectivity index (χ2v) is 7.78. The van der Waals surface area contributed by atoms with Gasteiger partial charge >= 0.3 is 0 Å². The molecular weight excluding hydrogens is 390 g/mol. The minimum absolute atomic E-state index is 0.517. The molecule has 4 rings (SSSR count). The molecule has 0 saturated carbocycles. The monoisotopic (exact) mass is 407 g/mol. The molecule has 28 heavy (non-hydrogen) atoms. The molecule has 0 bridgehead atoms. The smallest absolute Gasteiger partial charge is 0.247 e. The SMILES string of the molecule is S=C(NCc1cccnc1)SCCc1nnc(-c2ccc3ncccc3c2)o1. The fourth-order valence-electron chi connectivity index (χ4n) is 2.64. The van der Waals surface area contributed by atoms with Gasteiger partial charge in [0.2, 0.25) is 11.8 Å². The van der Waals surface area contributed by atoms with Crippen LogP contribution in [0.5, 0.6) is 0 Å². The van der Waals surface area contributed by atoms with Crippen LogP contribution < -0.4 is 5.32 Å². The van der Waals surface area contributed by atoms with Crippen LogP contribution >= 0.6 is 24.0 Å². The summed E-state index contributed by atoms with van der Waals surface area (Å²) in [7, 11) is 0. The van der Waals surface area contributed by atoms with Crippen LogP contribution in [0.25, 0.3) is 22.4 Å². The van der Waals surface area contributed by atoms with E-state index in [4.69, 9.17) is 16.6 Å². The van der Waals surface area contributed by atoms with E-state index in [2.05, 4.69) is 25.5 Å². The van der Waals surface area contributed by atoms with Gasteiger partial charge in [-0.3, -0.25) is 9.97 Å². The van der Waals surface area contributed by atoms with Crippen LogP contribution in [-0.4, -0.2) is 30.2 Å². The molecule has 0 aliphatic rings. The van der Waals surface area contributed by atoms with E-state index < -0.39 is 0 Å². The van der Waals surface area contributed by atoms with Gasteiger partial charge in [0.15, 0.2) is 0 Å². The summed E-state index contributed by atoms with van der Waals surface area (Å²) < 4.78 is 6.54. The first-order valence-electron chi connectivity index (χ1n) is 8.75. The molecule has 1 N–H and O–H groups in total. The summed E-state index contributed by atoms with van der Waals surface area (Å²) in [6.07, 6.45) is 6.01. The predicted octanol–water partition coefficient (Wildman–Crippen LogP) is 4.03. The lowest BCUT2D eigenvalue weighted by Gasteiger charge is -2.06. The third-order valence-corrected chi connectivity index (χ3v) is 5.34. The summed E-state index contributed by atoms with van der Waals surface area (Å²) in [5.74, 6) is 1.88. The summed E-state index contributed by atoms with van der Waals surface area (Å²) in [5, 5.41) is 12.6. The third kappa shape index (κ3) is 4.71. The third-order valence-electron chi connectivity index (χ3n) is 4.03. The first kappa shape index (κ1) is 18.5. The van der Waals surface area contributed by atoms with E-state index in [0.29, 0.717) is 24.7 Å². The van der Waals surface area contributed by atoms with Crippen LogP contribution in [0.4, 0.5) is 0 Å². The Morgan fingerprint density at radius 2 is 2.04 bits per heavy atom. The first-order valence-corrected chi connectivity index (χ1v) is 10.1. The number of aromatic nitrogens is 4. The molecule has 0 saturated heterocycles. The number of nitrogens with zero attached hydrogens (tertiary/aromatic N) is 4. The Morgan fingerprint density at radius 3 is 2.93 bits per heavy atom. The van der Waals surface area contributed by atoms with Crippen molar-refractivity contribution < 1.29 is 4.42 Å². The Balaban J connectivity index is 1.29. The Morgan fingerprint density at radius 1 is 1.11 bits per heavy atom. The molecule has 0 radical (unpaired) electrons. The molecule has 0 unspecified atom stereocenters. The highest BCUT2D eigenvalue weighted by atomic mass is 32.2. The van der Waals surface area contributed by atoms with E-state index in [1.807, 2.05) is 48.7 Å². The van der Waals surface area contributed by atoms with Crippen LogP contribution in [0.15, 0.2) is 65.5 Å². The Labute approximate surface area is 171 Å². The summed E-state index contributed by atoms with van der Waals surface area (Å²) in [6.45, 7) is 0.668. The number of fused-ring (bicyclic) bond motifs is 1. The maximum absolute atomic E-state index is 5.80. The maximum Gasteiger partial charge on any atom is 0.247 e. The average molecular weight is 408 g/mol. The Bertz CT molecular complexity index is 1080. The quantitative estimate of drug-likeness (QED) is 0.480. The van der Waals surface area contributed by atoms with Crippen molar-refractivity contribution in [2.45, 2.75) is 13.0 Å². The molecule has 1 aromatic carbocycles. The number of rotatable bonds is 6. The van der Waals surface area contributed by atoms with Gasteiger partial charge in [0.25, 0.3) is 0 Å². The molecule has 0 atom stereocenters. The van der Waals surface area contributed by atoms with Gasteiger partial charge in [-0.25, -0.2) is 0 Å². The lowest BCUT2D eigenvalue weighted by Crippen LogP contribution is -2.18. The molecule has 0 spiro atoms. The molecule has 0 aliphatic carbocycles. The van der Waals surface area contributed by atoms with E-state index in [-0.39, 0.29) is 0 Å². The van der Waals surface area contributed by atoms with Crippen LogP contribution in [0, 0.1) is 0 Å². The van der Waals surface area contributed by atoms with Crippen LogP contribution in [-0.2, 0) is 13.0 Å². The molecule has 4 aromatic rings. The highest BCUT2D eigenvalue weighted by Crippen LogP contribution is 2.22. The highest BCUT2D eigenvalue weighted by molar-refractivity contribution is 8.22. The average Bonchev–Trinajstić information content (AvgIpc) is 3.21. The van der Waals surface area contributed by atoms with Crippen molar-refractivity contribution in [3.8, 4) is 11.5 Å². The number of thiocarbonyl (C=S) groups is 1. The first-order chi connectivity index (χ1) is 13.8. The summed E-state index contributed by atoms with van der Waals surface area (Å²) in [6, 6.07) is 13.7. The van der Waals surface area contributed by atoms with Gasteiger partial charge in [0, 0.05) is 48.3 Å². The summed E-state index contributed by atoms with van der Waals surface area (Å²) >= 11 is 6.92. The van der Waals surface area contributed by atoms with Gasteiger partial charge in [0.05, 0.1) is 5.52 Å². The molecule has 140 valence electrons. The topological polar surface area (TPSA) is 76.7 Å². The minimum Gasteiger partial charge on any atom is -0.421 e. The Kier molecular flexibility index (Phi) is 5.89. The summed E-state index contributed by atoms with van der Waals surface area (Å²) in [5.41, 5.74) is 2.92. The van der Waals surface area contributed by atoms with Gasteiger partial charge in [-0.05, 0) is 35.9 Å². The molecule has 0 aliphatic heterocycles. The zero-order valence-electron chi connectivity index (χ0n) is 14.9. The molecule has 3 aromatic heterocycles. The lowest BCUT2D eigenvalue weighted by atomic mass is 10.1. The van der Waals surface area contributed by atoms with Crippen molar-refractivity contribution in [2.75, 3.05) is 5.75 Å². The van der Waals surface area contributed by atoms with Gasteiger partial charge < -0.3 is 9.73 Å². The largest absolute Gasteiger partial charge is 0.421 e. The number of benzene rings is 1. The number of pyridine rings is 2. The van der Waals surface area contributed by atoms with Crippen LogP contribution in [0.3, 0.4) is 0 Å². The second-order valence-electron chi connectivity index (χ2n) is 6.01. The zero-order valence-corrected chi connectivity index (χ0v) is 16.5. The predicted molar refractivity (Wildman–Crippen MR) is 115 cm³/mol. The normalized spacial score (nSPS) is 10.9. The van der Waals surface area contributed by atoms with E-state index in [0.717, 1.165) is 32.1 Å². The van der Waals surface area contributed by atoms with Crippen molar-refractivity contribution in [3.05, 3.63) is 72.5 Å². The fourth-order valence-corrected chi connectivity index (χ4v) is 3.60. The van der Waals surface area contributed by atoms with Crippen molar-refractivity contribution in [2.24, 2.45) is 0 Å². The highest BCUT2D eigenvalue weighted by Gasteiger charge is 2.10. The van der Waals surface area contributed by atoms with Crippen molar-refractivity contribution in [3.63, 3.8) is 0 Å². The van der Waals surface area contributed by atoms with Crippen molar-refractivity contribution in [1.29, 1.82) is 0 Å². The van der Waals surface area contributed by atoms with Crippen molar-refractivity contribution >= 4 is 39.2 Å². The minimum atomic E-state index is 0.517. The fraction of sp³-hybridized carbons (Fsp3) is 0.150. The van der Waals surface area contributed by atoms with Crippen molar-refractivity contribution in [1.82, 2.24) is 25.5 Å².